The maximum Gasteiger partial charge on any atom is 0.261 e. The van der Waals surface area contributed by atoms with Crippen LogP contribution in [0.25, 0.3) is 0 Å². The molecular formula is C19H22BrNO4. The standard InChI is InChI=1S/C19H22BrNO4/c1-12(18(22)14-8-10-15(24-3)11-9-14)21-19(23)13(2)25-17-7-5-4-6-16(17)20/h4-13,18,22H,1-3H3,(H,21,23)/t12-,13+,18-/m1/s1. The van der Waals surface area contributed by atoms with Gasteiger partial charge in [0.1, 0.15) is 11.5 Å². The van der Waals surface area contributed by atoms with Crippen LogP contribution < -0.4 is 14.8 Å². The summed E-state index contributed by atoms with van der Waals surface area (Å²) in [5.74, 6) is 1.01. The monoisotopic (exact) mass is 407 g/mol. The van der Waals surface area contributed by atoms with E-state index in [4.69, 9.17) is 9.47 Å². The predicted octanol–water partition coefficient (Wildman–Crippen LogP) is 3.46. The Bertz CT molecular complexity index is 705. The van der Waals surface area contributed by atoms with Crippen molar-refractivity contribution in [1.29, 1.82) is 0 Å². The number of para-hydroxylation sites is 1. The first kappa shape index (κ1) is 19.3. The lowest BCUT2D eigenvalue weighted by atomic mass is 10.0. The smallest absolute Gasteiger partial charge is 0.261 e. The Hall–Kier alpha value is -2.05. The molecule has 134 valence electrons. The molecule has 0 aliphatic heterocycles. The lowest BCUT2D eigenvalue weighted by Crippen LogP contribution is -2.43. The Kier molecular flexibility index (Phi) is 6.84. The largest absolute Gasteiger partial charge is 0.497 e. The van der Waals surface area contributed by atoms with Crippen molar-refractivity contribution in [2.45, 2.75) is 32.1 Å². The maximum absolute atomic E-state index is 12.3. The van der Waals surface area contributed by atoms with Crippen LogP contribution in [0.5, 0.6) is 11.5 Å². The van der Waals surface area contributed by atoms with E-state index in [1.807, 2.05) is 18.2 Å². The second-order valence-corrected chi connectivity index (χ2v) is 6.56. The summed E-state index contributed by atoms with van der Waals surface area (Å²) in [6.45, 7) is 3.42. The van der Waals surface area contributed by atoms with Gasteiger partial charge in [0, 0.05) is 0 Å². The molecule has 2 aromatic carbocycles. The highest BCUT2D eigenvalue weighted by Crippen LogP contribution is 2.25. The van der Waals surface area contributed by atoms with Gasteiger partial charge in [-0.1, -0.05) is 24.3 Å². The van der Waals surface area contributed by atoms with Crippen molar-refractivity contribution in [3.8, 4) is 11.5 Å². The number of benzene rings is 2. The summed E-state index contributed by atoms with van der Waals surface area (Å²) >= 11 is 3.38. The summed E-state index contributed by atoms with van der Waals surface area (Å²) < 4.78 is 11.5. The van der Waals surface area contributed by atoms with Gasteiger partial charge in [0.15, 0.2) is 6.10 Å². The molecule has 0 saturated heterocycles. The third-order valence-electron chi connectivity index (χ3n) is 3.81. The van der Waals surface area contributed by atoms with Gasteiger partial charge in [-0.2, -0.15) is 0 Å². The number of amides is 1. The van der Waals surface area contributed by atoms with Crippen molar-refractivity contribution in [2.75, 3.05) is 7.11 Å². The van der Waals surface area contributed by atoms with E-state index in [2.05, 4.69) is 21.2 Å². The van der Waals surface area contributed by atoms with Crippen LogP contribution in [0.1, 0.15) is 25.5 Å². The summed E-state index contributed by atoms with van der Waals surface area (Å²) in [6.07, 6.45) is -1.52. The molecule has 0 aliphatic carbocycles. The van der Waals surface area contributed by atoms with Gasteiger partial charge >= 0.3 is 0 Å². The summed E-state index contributed by atoms with van der Waals surface area (Å²) in [7, 11) is 1.58. The van der Waals surface area contributed by atoms with Crippen LogP contribution in [0.3, 0.4) is 0 Å². The number of carbonyl (C=O) groups excluding carboxylic acids is 1. The molecular weight excluding hydrogens is 386 g/mol. The highest BCUT2D eigenvalue weighted by molar-refractivity contribution is 9.10. The Morgan fingerprint density at radius 3 is 2.36 bits per heavy atom. The molecule has 2 rings (SSSR count). The Balaban J connectivity index is 1.94. The fourth-order valence-electron chi connectivity index (χ4n) is 2.29. The second-order valence-electron chi connectivity index (χ2n) is 5.71. The molecule has 3 atom stereocenters. The van der Waals surface area contributed by atoms with Gasteiger partial charge in [0.2, 0.25) is 0 Å². The number of hydrogen-bond donors (Lipinski definition) is 2. The highest BCUT2D eigenvalue weighted by atomic mass is 79.9. The lowest BCUT2D eigenvalue weighted by Gasteiger charge is -2.23. The third kappa shape index (κ3) is 5.21. The molecule has 2 N–H and O–H groups in total. The lowest BCUT2D eigenvalue weighted by molar-refractivity contribution is -0.128. The van der Waals surface area contributed by atoms with Gasteiger partial charge in [0.05, 0.1) is 23.7 Å². The van der Waals surface area contributed by atoms with Gasteiger partial charge in [-0.05, 0) is 59.6 Å². The topological polar surface area (TPSA) is 67.8 Å². The van der Waals surface area contributed by atoms with E-state index in [1.54, 1.807) is 51.3 Å². The highest BCUT2D eigenvalue weighted by Gasteiger charge is 2.22. The van der Waals surface area contributed by atoms with E-state index in [9.17, 15) is 9.90 Å². The molecule has 0 spiro atoms. The van der Waals surface area contributed by atoms with Crippen molar-refractivity contribution in [3.63, 3.8) is 0 Å². The number of methoxy groups -OCH3 is 1. The van der Waals surface area contributed by atoms with Crippen LogP contribution in [0.15, 0.2) is 53.0 Å². The summed E-state index contributed by atoms with van der Waals surface area (Å²) in [5, 5.41) is 13.2. The summed E-state index contributed by atoms with van der Waals surface area (Å²) in [5.41, 5.74) is 0.702. The van der Waals surface area contributed by atoms with Gasteiger partial charge in [-0.25, -0.2) is 0 Å². The molecule has 0 aromatic heterocycles. The van der Waals surface area contributed by atoms with Crippen molar-refractivity contribution in [2.24, 2.45) is 0 Å². The average Bonchev–Trinajstić information content (AvgIpc) is 2.62. The fourth-order valence-corrected chi connectivity index (χ4v) is 2.67. The molecule has 0 heterocycles. The molecule has 0 radical (unpaired) electrons. The molecule has 5 nitrogen and oxygen atoms in total. The van der Waals surface area contributed by atoms with Crippen LogP contribution >= 0.6 is 15.9 Å². The summed E-state index contributed by atoms with van der Waals surface area (Å²) in [6, 6.07) is 13.9. The number of rotatable bonds is 7. The molecule has 0 aliphatic rings. The molecule has 0 unspecified atom stereocenters. The normalized spacial score (nSPS) is 14.3. The van der Waals surface area contributed by atoms with Crippen LogP contribution in [0, 0.1) is 0 Å². The van der Waals surface area contributed by atoms with E-state index >= 15 is 0 Å². The quantitative estimate of drug-likeness (QED) is 0.737. The molecule has 0 bridgehead atoms. The van der Waals surface area contributed by atoms with Crippen molar-refractivity contribution in [1.82, 2.24) is 5.32 Å². The van der Waals surface area contributed by atoms with Crippen LogP contribution in [-0.4, -0.2) is 30.3 Å². The number of carbonyl (C=O) groups is 1. The zero-order valence-corrected chi connectivity index (χ0v) is 16.0. The summed E-state index contributed by atoms with van der Waals surface area (Å²) in [4.78, 5) is 12.3. The fraction of sp³-hybridized carbons (Fsp3) is 0.316. The molecule has 25 heavy (non-hydrogen) atoms. The number of aliphatic hydroxyl groups excluding tert-OH is 1. The van der Waals surface area contributed by atoms with Crippen LogP contribution in [0.4, 0.5) is 0 Å². The maximum atomic E-state index is 12.3. The Morgan fingerprint density at radius 1 is 1.12 bits per heavy atom. The Morgan fingerprint density at radius 2 is 1.76 bits per heavy atom. The minimum Gasteiger partial charge on any atom is -0.497 e. The SMILES string of the molecule is COc1ccc([C@H](O)[C@@H](C)NC(=O)[C@H](C)Oc2ccccc2Br)cc1. The predicted molar refractivity (Wildman–Crippen MR) is 99.8 cm³/mol. The minimum absolute atomic E-state index is 0.296. The zero-order chi connectivity index (χ0) is 18.4. The third-order valence-corrected chi connectivity index (χ3v) is 4.47. The van der Waals surface area contributed by atoms with Gasteiger partial charge in [0.25, 0.3) is 5.91 Å². The second kappa shape index (κ2) is 8.87. The van der Waals surface area contributed by atoms with E-state index in [0.717, 1.165) is 4.47 Å². The number of ether oxygens (including phenoxy) is 2. The number of nitrogens with one attached hydrogen (secondary N) is 1. The van der Waals surface area contributed by atoms with Crippen molar-refractivity contribution >= 4 is 21.8 Å². The molecule has 0 fully saturated rings. The van der Waals surface area contributed by atoms with Crippen LogP contribution in [-0.2, 0) is 4.79 Å². The molecule has 6 heteroatoms. The molecule has 0 saturated carbocycles. The van der Waals surface area contributed by atoms with Crippen molar-refractivity contribution in [3.05, 3.63) is 58.6 Å². The van der Waals surface area contributed by atoms with E-state index in [0.29, 0.717) is 17.1 Å². The van der Waals surface area contributed by atoms with Crippen LogP contribution in [0.2, 0.25) is 0 Å². The van der Waals surface area contributed by atoms with Gasteiger partial charge < -0.3 is 19.9 Å². The van der Waals surface area contributed by atoms with Gasteiger partial charge in [-0.15, -0.1) is 0 Å². The first-order chi connectivity index (χ1) is 11.9. The molecule has 1 amide bonds. The van der Waals surface area contributed by atoms with E-state index < -0.39 is 18.2 Å². The number of aliphatic hydroxyl groups is 1. The average molecular weight is 408 g/mol. The first-order valence-corrected chi connectivity index (χ1v) is 8.75. The van der Waals surface area contributed by atoms with Crippen molar-refractivity contribution < 1.29 is 19.4 Å². The Labute approximate surface area is 156 Å². The number of halogens is 1. The van der Waals surface area contributed by atoms with E-state index in [1.165, 1.54) is 0 Å². The molecule has 2 aromatic rings. The number of hydrogen-bond acceptors (Lipinski definition) is 4. The minimum atomic E-state index is -0.828. The first-order valence-electron chi connectivity index (χ1n) is 7.96. The van der Waals surface area contributed by atoms with Gasteiger partial charge in [-0.3, -0.25) is 4.79 Å². The zero-order valence-electron chi connectivity index (χ0n) is 14.4. The van der Waals surface area contributed by atoms with E-state index in [-0.39, 0.29) is 5.91 Å².